The van der Waals surface area contributed by atoms with Gasteiger partial charge in [0, 0.05) is 28.1 Å². The van der Waals surface area contributed by atoms with E-state index in [-0.39, 0.29) is 29.5 Å². The van der Waals surface area contributed by atoms with Crippen molar-refractivity contribution in [2.75, 3.05) is 18.5 Å². The number of nitro groups is 1. The summed E-state index contributed by atoms with van der Waals surface area (Å²) in [6.45, 7) is 1.48. The first-order valence-corrected chi connectivity index (χ1v) is 11.3. The van der Waals surface area contributed by atoms with E-state index in [2.05, 4.69) is 21.2 Å². The van der Waals surface area contributed by atoms with Crippen LogP contribution >= 0.6 is 38.9 Å². The topological polar surface area (TPSA) is 108 Å². The van der Waals surface area contributed by atoms with E-state index in [0.29, 0.717) is 26.4 Å². The molecule has 0 fully saturated rings. The van der Waals surface area contributed by atoms with Gasteiger partial charge in [0.05, 0.1) is 16.0 Å². The van der Waals surface area contributed by atoms with Crippen LogP contribution in [0.3, 0.4) is 0 Å². The number of hydrogen-bond donors (Lipinski definition) is 1. The standard InChI is InChI=1S/C21H16BrClN2O6S/c1-2-30-21(27)19-15(12-4-3-5-14(8-12)25(28)29)11-32-20(19)24-18(26)10-31-17-7-6-13(23)9-16(17)22/h3-9,11H,2,10H2,1H3,(H,24,26). The van der Waals surface area contributed by atoms with Crippen LogP contribution in [0.5, 0.6) is 5.75 Å². The summed E-state index contributed by atoms with van der Waals surface area (Å²) >= 11 is 10.3. The molecule has 3 aromatic rings. The van der Waals surface area contributed by atoms with Crippen LogP contribution in [-0.4, -0.2) is 30.0 Å². The molecule has 1 heterocycles. The lowest BCUT2D eigenvalue weighted by Crippen LogP contribution is -2.21. The minimum atomic E-state index is -0.646. The number of benzene rings is 2. The Bertz CT molecular complexity index is 1180. The highest BCUT2D eigenvalue weighted by molar-refractivity contribution is 9.10. The van der Waals surface area contributed by atoms with Gasteiger partial charge in [-0.3, -0.25) is 14.9 Å². The summed E-state index contributed by atoms with van der Waals surface area (Å²) < 4.78 is 11.2. The summed E-state index contributed by atoms with van der Waals surface area (Å²) in [5.41, 5.74) is 0.892. The molecule has 0 saturated carbocycles. The SMILES string of the molecule is CCOC(=O)c1c(-c2cccc([N+](=O)[O-])c2)csc1NC(=O)COc1ccc(Cl)cc1Br. The Morgan fingerprint density at radius 2 is 2.03 bits per heavy atom. The molecule has 0 radical (unpaired) electrons. The predicted molar refractivity (Wildman–Crippen MR) is 126 cm³/mol. The van der Waals surface area contributed by atoms with Crippen LogP contribution < -0.4 is 10.1 Å². The lowest BCUT2D eigenvalue weighted by molar-refractivity contribution is -0.384. The predicted octanol–water partition coefficient (Wildman–Crippen LogP) is 5.93. The first-order valence-electron chi connectivity index (χ1n) is 9.21. The number of nitro benzene ring substituents is 1. The summed E-state index contributed by atoms with van der Waals surface area (Å²) in [7, 11) is 0. The van der Waals surface area contributed by atoms with Crippen molar-refractivity contribution < 1.29 is 24.0 Å². The molecule has 1 aromatic heterocycles. The van der Waals surface area contributed by atoms with Gasteiger partial charge >= 0.3 is 5.97 Å². The first-order chi connectivity index (χ1) is 15.3. The minimum Gasteiger partial charge on any atom is -0.483 e. The zero-order valence-electron chi connectivity index (χ0n) is 16.6. The van der Waals surface area contributed by atoms with Gasteiger partial charge in [0.15, 0.2) is 6.61 Å². The van der Waals surface area contributed by atoms with E-state index in [0.717, 1.165) is 11.3 Å². The third kappa shape index (κ3) is 5.64. The fraction of sp³-hybridized carbons (Fsp3) is 0.143. The highest BCUT2D eigenvalue weighted by Crippen LogP contribution is 2.37. The molecule has 1 amide bonds. The van der Waals surface area contributed by atoms with E-state index in [9.17, 15) is 19.7 Å². The number of rotatable bonds is 8. The lowest BCUT2D eigenvalue weighted by Gasteiger charge is -2.10. The van der Waals surface area contributed by atoms with Gasteiger partial charge in [0.2, 0.25) is 0 Å². The van der Waals surface area contributed by atoms with Gasteiger partial charge in [-0.15, -0.1) is 11.3 Å². The fourth-order valence-corrected chi connectivity index (χ4v) is 4.52. The Kier molecular flexibility index (Phi) is 7.84. The number of ether oxygens (including phenoxy) is 2. The molecule has 0 atom stereocenters. The van der Waals surface area contributed by atoms with E-state index in [1.54, 1.807) is 36.6 Å². The number of carbonyl (C=O) groups excluding carboxylic acids is 2. The van der Waals surface area contributed by atoms with Gasteiger partial charge in [-0.1, -0.05) is 23.7 Å². The van der Waals surface area contributed by atoms with E-state index in [1.807, 2.05) is 0 Å². The Morgan fingerprint density at radius 3 is 2.72 bits per heavy atom. The van der Waals surface area contributed by atoms with Crippen LogP contribution in [0.2, 0.25) is 5.02 Å². The number of amides is 1. The second kappa shape index (κ2) is 10.6. The van der Waals surface area contributed by atoms with E-state index < -0.39 is 16.8 Å². The molecule has 2 aromatic carbocycles. The summed E-state index contributed by atoms with van der Waals surface area (Å²) in [6, 6.07) is 10.8. The van der Waals surface area contributed by atoms with Crippen molar-refractivity contribution in [3.63, 3.8) is 0 Å². The largest absolute Gasteiger partial charge is 0.483 e. The Hall–Kier alpha value is -2.95. The number of nitrogens with one attached hydrogen (secondary N) is 1. The van der Waals surface area contributed by atoms with Gasteiger partial charge in [0.1, 0.15) is 16.3 Å². The number of nitrogens with zero attached hydrogens (tertiary/aromatic N) is 1. The summed E-state index contributed by atoms with van der Waals surface area (Å²) in [6.07, 6.45) is 0. The van der Waals surface area contributed by atoms with E-state index in [4.69, 9.17) is 21.1 Å². The molecular formula is C21H16BrClN2O6S. The summed E-state index contributed by atoms with van der Waals surface area (Å²) in [5.74, 6) is -0.713. The summed E-state index contributed by atoms with van der Waals surface area (Å²) in [5, 5.41) is 16.2. The van der Waals surface area contributed by atoms with Crippen LogP contribution in [-0.2, 0) is 9.53 Å². The van der Waals surface area contributed by atoms with Crippen molar-refractivity contribution in [1.82, 2.24) is 0 Å². The molecule has 0 bridgehead atoms. The average Bonchev–Trinajstić information content (AvgIpc) is 3.17. The highest BCUT2D eigenvalue weighted by Gasteiger charge is 2.24. The fourth-order valence-electron chi connectivity index (χ4n) is 2.75. The van der Waals surface area contributed by atoms with Gasteiger partial charge in [0.25, 0.3) is 11.6 Å². The normalized spacial score (nSPS) is 10.5. The Morgan fingerprint density at radius 1 is 1.25 bits per heavy atom. The monoisotopic (exact) mass is 538 g/mol. The number of esters is 1. The van der Waals surface area contributed by atoms with Crippen molar-refractivity contribution in [3.05, 3.63) is 73.0 Å². The third-order valence-corrected chi connectivity index (χ3v) is 5.89. The quantitative estimate of drug-likeness (QED) is 0.216. The Balaban J connectivity index is 1.84. The maximum atomic E-state index is 12.6. The molecule has 0 aliphatic heterocycles. The summed E-state index contributed by atoms with van der Waals surface area (Å²) in [4.78, 5) is 35.7. The van der Waals surface area contributed by atoms with Crippen LogP contribution in [0.1, 0.15) is 17.3 Å². The van der Waals surface area contributed by atoms with Crippen molar-refractivity contribution in [3.8, 4) is 16.9 Å². The van der Waals surface area contributed by atoms with Crippen molar-refractivity contribution >= 4 is 61.4 Å². The minimum absolute atomic E-state index is 0.115. The van der Waals surface area contributed by atoms with Crippen molar-refractivity contribution in [2.45, 2.75) is 6.92 Å². The molecule has 166 valence electrons. The van der Waals surface area contributed by atoms with E-state index in [1.165, 1.54) is 18.2 Å². The number of halogens is 2. The molecule has 32 heavy (non-hydrogen) atoms. The second-order valence-electron chi connectivity index (χ2n) is 6.29. The van der Waals surface area contributed by atoms with Gasteiger partial charge in [-0.25, -0.2) is 4.79 Å². The molecule has 11 heteroatoms. The molecule has 0 aliphatic carbocycles. The van der Waals surface area contributed by atoms with Crippen LogP contribution in [0.25, 0.3) is 11.1 Å². The van der Waals surface area contributed by atoms with Gasteiger partial charge in [-0.2, -0.15) is 0 Å². The second-order valence-corrected chi connectivity index (χ2v) is 8.46. The molecule has 1 N–H and O–H groups in total. The molecule has 0 saturated heterocycles. The third-order valence-electron chi connectivity index (χ3n) is 4.14. The van der Waals surface area contributed by atoms with Crippen LogP contribution in [0.4, 0.5) is 10.7 Å². The maximum absolute atomic E-state index is 12.6. The number of thiophene rings is 1. The molecule has 0 unspecified atom stereocenters. The van der Waals surface area contributed by atoms with Crippen LogP contribution in [0.15, 0.2) is 52.3 Å². The number of non-ortho nitro benzene ring substituents is 1. The smallest absolute Gasteiger partial charge is 0.341 e. The van der Waals surface area contributed by atoms with E-state index >= 15 is 0 Å². The van der Waals surface area contributed by atoms with Crippen molar-refractivity contribution in [2.24, 2.45) is 0 Å². The molecule has 0 spiro atoms. The van der Waals surface area contributed by atoms with Gasteiger partial charge in [-0.05, 0) is 46.6 Å². The average molecular weight is 540 g/mol. The molecular weight excluding hydrogens is 524 g/mol. The lowest BCUT2D eigenvalue weighted by atomic mass is 10.0. The molecule has 8 nitrogen and oxygen atoms in total. The first kappa shape index (κ1) is 23.7. The number of anilines is 1. The molecule has 0 aliphatic rings. The van der Waals surface area contributed by atoms with Crippen molar-refractivity contribution in [1.29, 1.82) is 0 Å². The zero-order chi connectivity index (χ0) is 23.3. The Labute approximate surface area is 200 Å². The number of carbonyl (C=O) groups is 2. The molecule has 3 rings (SSSR count). The zero-order valence-corrected chi connectivity index (χ0v) is 19.8. The highest BCUT2D eigenvalue weighted by atomic mass is 79.9. The van der Waals surface area contributed by atoms with Crippen LogP contribution in [0, 0.1) is 10.1 Å². The number of hydrogen-bond acceptors (Lipinski definition) is 7. The maximum Gasteiger partial charge on any atom is 0.341 e. The van der Waals surface area contributed by atoms with Gasteiger partial charge < -0.3 is 14.8 Å².